The summed E-state index contributed by atoms with van der Waals surface area (Å²) in [5.74, 6) is 0. The molecule has 1 fully saturated rings. The minimum absolute atomic E-state index is 0.393. The van der Waals surface area contributed by atoms with Crippen LogP contribution in [0, 0.1) is 0 Å². The van der Waals surface area contributed by atoms with Crippen LogP contribution >= 0.6 is 11.3 Å². The van der Waals surface area contributed by atoms with E-state index in [9.17, 15) is 0 Å². The highest BCUT2D eigenvalue weighted by molar-refractivity contribution is 7.09. The summed E-state index contributed by atoms with van der Waals surface area (Å²) in [6, 6.07) is 13.9. The third-order valence-electron chi connectivity index (χ3n) is 6.03. The van der Waals surface area contributed by atoms with Crippen LogP contribution in [0.15, 0.2) is 71.7 Å². The molecule has 1 aromatic carbocycles. The third kappa shape index (κ3) is 3.47. The van der Waals surface area contributed by atoms with Gasteiger partial charge in [-0.25, -0.2) is 0 Å². The molecule has 138 valence electrons. The predicted octanol–water partition coefficient (Wildman–Crippen LogP) is 5.28. The van der Waals surface area contributed by atoms with Crippen LogP contribution in [0.1, 0.15) is 34.9 Å². The molecule has 1 aromatic heterocycles. The SMILES string of the molecule is C1=CC2=C(CC1)c1ccccc1C(N1CCN(Cc3cccs3)CC1)C=C2. The predicted molar refractivity (Wildman–Crippen MR) is 115 cm³/mol. The molecular formula is C24H26N2S. The van der Waals surface area contributed by atoms with Crippen molar-refractivity contribution >= 4 is 16.9 Å². The van der Waals surface area contributed by atoms with Gasteiger partial charge in [-0.15, -0.1) is 11.3 Å². The number of allylic oxidation sites excluding steroid dienone is 5. The molecular weight excluding hydrogens is 348 g/mol. The maximum absolute atomic E-state index is 2.67. The standard InChI is InChI=1S/C24H26N2S/c1-2-8-21-19(6-1)11-12-24(23-10-4-3-9-22(21)23)26-15-13-25(14-16-26)18-20-7-5-17-27-20/h1,3-7,9-12,17,24H,2,8,13-16,18H2. The van der Waals surface area contributed by atoms with Crippen molar-refractivity contribution in [1.29, 1.82) is 0 Å². The summed E-state index contributed by atoms with van der Waals surface area (Å²) >= 11 is 1.87. The Morgan fingerprint density at radius 1 is 0.963 bits per heavy atom. The molecule has 1 atom stereocenters. The Morgan fingerprint density at radius 3 is 2.70 bits per heavy atom. The van der Waals surface area contributed by atoms with Gasteiger partial charge in [0.2, 0.25) is 0 Å². The van der Waals surface area contributed by atoms with Crippen LogP contribution in [-0.2, 0) is 6.54 Å². The van der Waals surface area contributed by atoms with Gasteiger partial charge in [0.1, 0.15) is 0 Å². The molecule has 3 aliphatic rings. The molecule has 0 radical (unpaired) electrons. The van der Waals surface area contributed by atoms with Crippen molar-refractivity contribution in [3.8, 4) is 0 Å². The minimum Gasteiger partial charge on any atom is -0.296 e. The summed E-state index contributed by atoms with van der Waals surface area (Å²) in [7, 11) is 0. The molecule has 0 amide bonds. The molecule has 27 heavy (non-hydrogen) atoms. The lowest BCUT2D eigenvalue weighted by Crippen LogP contribution is -2.46. The number of benzene rings is 1. The average molecular weight is 375 g/mol. The molecule has 1 saturated heterocycles. The first-order chi connectivity index (χ1) is 13.4. The zero-order valence-corrected chi connectivity index (χ0v) is 16.5. The van der Waals surface area contributed by atoms with E-state index in [1.165, 1.54) is 27.2 Å². The van der Waals surface area contributed by atoms with Gasteiger partial charge in [0.05, 0.1) is 6.04 Å². The van der Waals surface area contributed by atoms with E-state index in [-0.39, 0.29) is 0 Å². The monoisotopic (exact) mass is 374 g/mol. The highest BCUT2D eigenvalue weighted by Gasteiger charge is 2.27. The quantitative estimate of drug-likeness (QED) is 0.721. The zero-order chi connectivity index (χ0) is 18.1. The summed E-state index contributed by atoms with van der Waals surface area (Å²) in [4.78, 5) is 6.75. The van der Waals surface area contributed by atoms with Gasteiger partial charge in [0.15, 0.2) is 0 Å². The van der Waals surface area contributed by atoms with E-state index in [0.717, 1.165) is 45.6 Å². The number of piperazine rings is 1. The molecule has 2 heterocycles. The van der Waals surface area contributed by atoms with Crippen LogP contribution in [0.25, 0.3) is 5.57 Å². The maximum atomic E-state index is 2.67. The first-order valence-electron chi connectivity index (χ1n) is 10.0. The first kappa shape index (κ1) is 17.2. The van der Waals surface area contributed by atoms with E-state index >= 15 is 0 Å². The number of rotatable bonds is 3. The van der Waals surface area contributed by atoms with Crippen LogP contribution in [0.5, 0.6) is 0 Å². The fourth-order valence-electron chi connectivity index (χ4n) is 4.60. The Morgan fingerprint density at radius 2 is 1.85 bits per heavy atom. The average Bonchev–Trinajstić information content (AvgIpc) is 3.17. The lowest BCUT2D eigenvalue weighted by atomic mass is 9.89. The number of thiophene rings is 1. The smallest absolute Gasteiger partial charge is 0.0541 e. The highest BCUT2D eigenvalue weighted by Crippen LogP contribution is 2.39. The lowest BCUT2D eigenvalue weighted by Gasteiger charge is -2.38. The highest BCUT2D eigenvalue weighted by atomic mass is 32.1. The second-order valence-electron chi connectivity index (χ2n) is 7.66. The summed E-state index contributed by atoms with van der Waals surface area (Å²) in [6.45, 7) is 5.67. The van der Waals surface area contributed by atoms with E-state index < -0.39 is 0 Å². The second kappa shape index (κ2) is 7.59. The number of hydrogen-bond donors (Lipinski definition) is 0. The molecule has 0 spiro atoms. The van der Waals surface area contributed by atoms with Gasteiger partial charge in [-0.2, -0.15) is 0 Å². The molecule has 5 rings (SSSR count). The van der Waals surface area contributed by atoms with E-state index in [2.05, 4.69) is 75.9 Å². The molecule has 0 N–H and O–H groups in total. The number of hydrogen-bond acceptors (Lipinski definition) is 3. The Bertz CT molecular complexity index is 883. The molecule has 2 aromatic rings. The van der Waals surface area contributed by atoms with Crippen molar-refractivity contribution < 1.29 is 0 Å². The van der Waals surface area contributed by atoms with Gasteiger partial charge < -0.3 is 0 Å². The molecule has 0 saturated carbocycles. The zero-order valence-electron chi connectivity index (χ0n) is 15.7. The van der Waals surface area contributed by atoms with Crippen LogP contribution < -0.4 is 0 Å². The van der Waals surface area contributed by atoms with Crippen molar-refractivity contribution in [2.24, 2.45) is 0 Å². The van der Waals surface area contributed by atoms with Crippen molar-refractivity contribution in [2.45, 2.75) is 25.4 Å². The van der Waals surface area contributed by atoms with Gasteiger partial charge in [-0.1, -0.05) is 54.6 Å². The van der Waals surface area contributed by atoms with Crippen molar-refractivity contribution in [2.75, 3.05) is 26.2 Å². The fourth-order valence-corrected chi connectivity index (χ4v) is 5.34. The summed E-state index contributed by atoms with van der Waals surface area (Å²) < 4.78 is 0. The van der Waals surface area contributed by atoms with Crippen LogP contribution in [0.3, 0.4) is 0 Å². The molecule has 2 nitrogen and oxygen atoms in total. The molecule has 3 heteroatoms. The van der Waals surface area contributed by atoms with E-state index in [0.29, 0.717) is 6.04 Å². The summed E-state index contributed by atoms with van der Waals surface area (Å²) in [5.41, 5.74) is 5.89. The van der Waals surface area contributed by atoms with Crippen LogP contribution in [0.4, 0.5) is 0 Å². The van der Waals surface area contributed by atoms with Gasteiger partial charge in [0, 0.05) is 37.6 Å². The van der Waals surface area contributed by atoms with Gasteiger partial charge in [-0.3, -0.25) is 9.80 Å². The Balaban J connectivity index is 1.36. The molecule has 2 aliphatic carbocycles. The van der Waals surface area contributed by atoms with Crippen molar-refractivity contribution in [3.63, 3.8) is 0 Å². The van der Waals surface area contributed by atoms with Crippen molar-refractivity contribution in [1.82, 2.24) is 9.80 Å². The second-order valence-corrected chi connectivity index (χ2v) is 8.69. The minimum atomic E-state index is 0.393. The van der Waals surface area contributed by atoms with Gasteiger partial charge >= 0.3 is 0 Å². The van der Waals surface area contributed by atoms with Gasteiger partial charge in [0.25, 0.3) is 0 Å². The largest absolute Gasteiger partial charge is 0.296 e. The molecule has 1 unspecified atom stereocenters. The summed E-state index contributed by atoms with van der Waals surface area (Å²) in [6.07, 6.45) is 11.8. The summed E-state index contributed by atoms with van der Waals surface area (Å²) in [5, 5.41) is 2.18. The topological polar surface area (TPSA) is 6.48 Å². The lowest BCUT2D eigenvalue weighted by molar-refractivity contribution is 0.108. The van der Waals surface area contributed by atoms with Crippen LogP contribution in [0.2, 0.25) is 0 Å². The van der Waals surface area contributed by atoms with E-state index in [4.69, 9.17) is 0 Å². The fraction of sp³-hybridized carbons (Fsp3) is 0.333. The third-order valence-corrected chi connectivity index (χ3v) is 6.89. The first-order valence-corrected chi connectivity index (χ1v) is 10.9. The van der Waals surface area contributed by atoms with Crippen molar-refractivity contribution in [3.05, 3.63) is 87.7 Å². The van der Waals surface area contributed by atoms with E-state index in [1.807, 2.05) is 11.3 Å². The Kier molecular flexibility index (Phi) is 4.83. The molecule has 1 aliphatic heterocycles. The molecule has 0 bridgehead atoms. The van der Waals surface area contributed by atoms with E-state index in [1.54, 1.807) is 0 Å². The van der Waals surface area contributed by atoms with Crippen LogP contribution in [-0.4, -0.2) is 36.0 Å². The Labute approximate surface area is 166 Å². The number of fused-ring (bicyclic) bond motifs is 2. The maximum Gasteiger partial charge on any atom is 0.0541 e. The number of nitrogens with zero attached hydrogens (tertiary/aromatic N) is 2. The van der Waals surface area contributed by atoms with Gasteiger partial charge in [-0.05, 0) is 46.6 Å². The Hall–Kier alpha value is -1.94. The normalized spacial score (nSPS) is 23.2.